The van der Waals surface area contributed by atoms with Gasteiger partial charge in [-0.05, 0) is 55.2 Å². The van der Waals surface area contributed by atoms with Crippen LogP contribution in [0, 0.1) is 13.8 Å². The zero-order valence-corrected chi connectivity index (χ0v) is 21.1. The number of hydrogen-bond donors (Lipinski definition) is 1. The first-order chi connectivity index (χ1) is 17.0. The van der Waals surface area contributed by atoms with Crippen molar-refractivity contribution in [2.45, 2.75) is 39.1 Å². The summed E-state index contributed by atoms with van der Waals surface area (Å²) in [5, 5.41) is 10.5. The number of benzene rings is 3. The number of aryl methyl sites for hydroxylation is 2. The molecule has 2 atom stereocenters. The summed E-state index contributed by atoms with van der Waals surface area (Å²) < 4.78 is 12.0. The van der Waals surface area contributed by atoms with Crippen molar-refractivity contribution < 1.29 is 14.6 Å². The number of piperazine rings is 1. The summed E-state index contributed by atoms with van der Waals surface area (Å²) in [6.07, 6.45) is -0.922. The zero-order chi connectivity index (χ0) is 24.6. The Balaban J connectivity index is 1.34. The molecule has 1 fully saturated rings. The van der Waals surface area contributed by atoms with E-state index in [1.165, 1.54) is 22.3 Å². The standard InChI is InChI=1S/C30H38N2O3/c1-23-14-15-28(22-24(23)2)34-20-21-35-30(25(3)33)32-18-16-31(17-19-32)29(26-10-6-4-7-11-26)27-12-8-5-9-13-27/h4-15,22,25,29-30,33H,16-21H2,1-3H3. The first-order valence-corrected chi connectivity index (χ1v) is 12.6. The molecule has 5 heteroatoms. The quantitative estimate of drug-likeness (QED) is 0.427. The predicted octanol–water partition coefficient (Wildman–Crippen LogP) is 4.81. The molecule has 0 bridgehead atoms. The maximum absolute atomic E-state index is 10.5. The van der Waals surface area contributed by atoms with Gasteiger partial charge in [0.05, 0.1) is 18.8 Å². The molecule has 0 aromatic heterocycles. The molecular weight excluding hydrogens is 436 g/mol. The summed E-state index contributed by atoms with van der Waals surface area (Å²) in [7, 11) is 0. The molecule has 0 aliphatic carbocycles. The Labute approximate surface area is 209 Å². The molecule has 35 heavy (non-hydrogen) atoms. The van der Waals surface area contributed by atoms with Crippen molar-refractivity contribution in [1.29, 1.82) is 0 Å². The second-order valence-corrected chi connectivity index (χ2v) is 9.39. The third-order valence-electron chi connectivity index (χ3n) is 6.84. The topological polar surface area (TPSA) is 45.2 Å². The molecule has 1 aliphatic rings. The molecule has 0 spiro atoms. The van der Waals surface area contributed by atoms with Crippen LogP contribution in [0.4, 0.5) is 0 Å². The second-order valence-electron chi connectivity index (χ2n) is 9.39. The first kappa shape index (κ1) is 25.4. The van der Waals surface area contributed by atoms with E-state index < -0.39 is 6.10 Å². The van der Waals surface area contributed by atoms with Gasteiger partial charge in [-0.1, -0.05) is 66.7 Å². The van der Waals surface area contributed by atoms with Crippen molar-refractivity contribution in [3.8, 4) is 5.75 Å². The van der Waals surface area contributed by atoms with Crippen LogP contribution in [0.3, 0.4) is 0 Å². The minimum atomic E-state index is -0.581. The van der Waals surface area contributed by atoms with Gasteiger partial charge in [-0.2, -0.15) is 0 Å². The molecule has 1 N–H and O–H groups in total. The van der Waals surface area contributed by atoms with Gasteiger partial charge in [-0.25, -0.2) is 0 Å². The van der Waals surface area contributed by atoms with E-state index in [1.807, 2.05) is 6.07 Å². The molecule has 0 amide bonds. The van der Waals surface area contributed by atoms with Crippen molar-refractivity contribution in [3.63, 3.8) is 0 Å². The van der Waals surface area contributed by atoms with E-state index in [-0.39, 0.29) is 12.3 Å². The van der Waals surface area contributed by atoms with E-state index >= 15 is 0 Å². The number of rotatable bonds is 10. The number of ether oxygens (including phenoxy) is 2. The Hall–Kier alpha value is -2.70. The molecule has 186 valence electrons. The number of hydrogen-bond acceptors (Lipinski definition) is 5. The summed E-state index contributed by atoms with van der Waals surface area (Å²) in [6.45, 7) is 10.3. The summed E-state index contributed by atoms with van der Waals surface area (Å²) in [6, 6.07) is 27.7. The Morgan fingerprint density at radius 1 is 0.743 bits per heavy atom. The lowest BCUT2D eigenvalue weighted by molar-refractivity contribution is -0.135. The molecule has 5 nitrogen and oxygen atoms in total. The highest BCUT2D eigenvalue weighted by atomic mass is 16.5. The summed E-state index contributed by atoms with van der Waals surface area (Å²) >= 11 is 0. The normalized spacial score (nSPS) is 16.8. The molecule has 3 aromatic carbocycles. The summed E-state index contributed by atoms with van der Waals surface area (Å²) in [5.41, 5.74) is 5.08. The van der Waals surface area contributed by atoms with Crippen LogP contribution in [-0.2, 0) is 4.74 Å². The molecule has 1 heterocycles. The SMILES string of the molecule is Cc1ccc(OCCOC(C(C)O)N2CCN(C(c3ccccc3)c3ccccc3)CC2)cc1C. The Bertz CT molecular complexity index is 994. The molecule has 0 radical (unpaired) electrons. The zero-order valence-electron chi connectivity index (χ0n) is 21.1. The fraction of sp³-hybridized carbons (Fsp3) is 0.400. The Kier molecular flexibility index (Phi) is 8.94. The van der Waals surface area contributed by atoms with Gasteiger partial charge >= 0.3 is 0 Å². The third-order valence-corrected chi connectivity index (χ3v) is 6.84. The van der Waals surface area contributed by atoms with Crippen LogP contribution in [0.1, 0.15) is 35.2 Å². The van der Waals surface area contributed by atoms with Crippen molar-refractivity contribution in [1.82, 2.24) is 9.80 Å². The first-order valence-electron chi connectivity index (χ1n) is 12.6. The molecular formula is C30H38N2O3. The van der Waals surface area contributed by atoms with Crippen molar-refractivity contribution >= 4 is 0 Å². The maximum Gasteiger partial charge on any atom is 0.136 e. The smallest absolute Gasteiger partial charge is 0.136 e. The largest absolute Gasteiger partial charge is 0.491 e. The highest BCUT2D eigenvalue weighted by Crippen LogP contribution is 2.30. The van der Waals surface area contributed by atoms with Crippen LogP contribution in [0.2, 0.25) is 0 Å². The van der Waals surface area contributed by atoms with E-state index in [0.29, 0.717) is 13.2 Å². The van der Waals surface area contributed by atoms with Gasteiger partial charge in [-0.3, -0.25) is 9.80 Å². The van der Waals surface area contributed by atoms with E-state index in [2.05, 4.69) is 96.4 Å². The maximum atomic E-state index is 10.5. The average Bonchev–Trinajstić information content (AvgIpc) is 2.88. The van der Waals surface area contributed by atoms with E-state index in [4.69, 9.17) is 9.47 Å². The van der Waals surface area contributed by atoms with Gasteiger partial charge in [0.15, 0.2) is 0 Å². The summed E-state index contributed by atoms with van der Waals surface area (Å²) in [4.78, 5) is 4.79. The lowest BCUT2D eigenvalue weighted by atomic mass is 9.96. The van der Waals surface area contributed by atoms with Crippen molar-refractivity contribution in [2.24, 2.45) is 0 Å². The molecule has 1 aliphatic heterocycles. The highest BCUT2D eigenvalue weighted by Gasteiger charge is 2.31. The van der Waals surface area contributed by atoms with Gasteiger partial charge in [0, 0.05) is 26.2 Å². The van der Waals surface area contributed by atoms with E-state index in [9.17, 15) is 5.11 Å². The highest BCUT2D eigenvalue weighted by molar-refractivity contribution is 5.34. The van der Waals surface area contributed by atoms with Crippen LogP contribution in [0.5, 0.6) is 5.75 Å². The second kappa shape index (κ2) is 12.3. The summed E-state index contributed by atoms with van der Waals surface area (Å²) in [5.74, 6) is 0.853. The molecule has 0 saturated carbocycles. The van der Waals surface area contributed by atoms with Crippen molar-refractivity contribution in [3.05, 3.63) is 101 Å². The molecule has 1 saturated heterocycles. The van der Waals surface area contributed by atoms with Crippen LogP contribution >= 0.6 is 0 Å². The Morgan fingerprint density at radius 3 is 1.86 bits per heavy atom. The monoisotopic (exact) mass is 474 g/mol. The van der Waals surface area contributed by atoms with Crippen LogP contribution in [0.25, 0.3) is 0 Å². The van der Waals surface area contributed by atoms with E-state index in [0.717, 1.165) is 31.9 Å². The third kappa shape index (κ3) is 6.71. The fourth-order valence-electron chi connectivity index (χ4n) is 4.82. The van der Waals surface area contributed by atoms with Gasteiger partial charge in [-0.15, -0.1) is 0 Å². The van der Waals surface area contributed by atoms with Gasteiger partial charge in [0.2, 0.25) is 0 Å². The minimum absolute atomic E-state index is 0.219. The minimum Gasteiger partial charge on any atom is -0.491 e. The van der Waals surface area contributed by atoms with Crippen LogP contribution in [-0.4, -0.2) is 66.6 Å². The Morgan fingerprint density at radius 2 is 1.31 bits per heavy atom. The van der Waals surface area contributed by atoms with Gasteiger partial charge < -0.3 is 14.6 Å². The van der Waals surface area contributed by atoms with Crippen LogP contribution < -0.4 is 4.74 Å². The van der Waals surface area contributed by atoms with Crippen molar-refractivity contribution in [2.75, 3.05) is 39.4 Å². The van der Waals surface area contributed by atoms with E-state index in [1.54, 1.807) is 6.92 Å². The molecule has 3 aromatic rings. The number of nitrogens with zero attached hydrogens (tertiary/aromatic N) is 2. The lowest BCUT2D eigenvalue weighted by Crippen LogP contribution is -2.55. The van der Waals surface area contributed by atoms with Crippen LogP contribution in [0.15, 0.2) is 78.9 Å². The fourth-order valence-corrected chi connectivity index (χ4v) is 4.82. The van der Waals surface area contributed by atoms with Gasteiger partial charge in [0.1, 0.15) is 18.6 Å². The number of aliphatic hydroxyl groups is 1. The lowest BCUT2D eigenvalue weighted by Gasteiger charge is -2.43. The molecule has 4 rings (SSSR count). The number of aliphatic hydroxyl groups excluding tert-OH is 1. The average molecular weight is 475 g/mol. The van der Waals surface area contributed by atoms with Gasteiger partial charge in [0.25, 0.3) is 0 Å². The predicted molar refractivity (Wildman–Crippen MR) is 141 cm³/mol. The molecule has 2 unspecified atom stereocenters.